The molecule has 116 valence electrons. The second-order valence-electron chi connectivity index (χ2n) is 5.26. The van der Waals surface area contributed by atoms with Crippen LogP contribution in [0.1, 0.15) is 29.6 Å². The molecular weight excluding hydrogens is 280 g/mol. The highest BCUT2D eigenvalue weighted by Crippen LogP contribution is 2.25. The van der Waals surface area contributed by atoms with Crippen LogP contribution in [-0.2, 0) is 22.6 Å². The first kappa shape index (κ1) is 14.9. The fourth-order valence-electron chi connectivity index (χ4n) is 2.46. The van der Waals surface area contributed by atoms with Crippen molar-refractivity contribution in [3.63, 3.8) is 0 Å². The second-order valence-corrected chi connectivity index (χ2v) is 5.26. The van der Waals surface area contributed by atoms with E-state index in [2.05, 4.69) is 20.3 Å². The van der Waals surface area contributed by atoms with Gasteiger partial charge in [-0.1, -0.05) is 6.07 Å². The number of methoxy groups -OCH3 is 1. The largest absolute Gasteiger partial charge is 0.381 e. The van der Waals surface area contributed by atoms with E-state index in [9.17, 15) is 0 Å². The molecule has 0 aromatic carbocycles. The van der Waals surface area contributed by atoms with Crippen molar-refractivity contribution in [3.05, 3.63) is 47.7 Å². The van der Waals surface area contributed by atoms with E-state index in [0.717, 1.165) is 36.8 Å². The van der Waals surface area contributed by atoms with Gasteiger partial charge in [0.15, 0.2) is 5.82 Å². The first-order valence-electron chi connectivity index (χ1n) is 7.43. The number of rotatable bonds is 6. The Balaban J connectivity index is 1.76. The molecule has 1 fully saturated rings. The van der Waals surface area contributed by atoms with Gasteiger partial charge in [0.2, 0.25) is 0 Å². The van der Waals surface area contributed by atoms with E-state index in [1.54, 1.807) is 13.3 Å². The SMILES string of the molecule is COCc1nc(NCc2ccccn2)cc([C@H]2CCOC2)n1. The van der Waals surface area contributed by atoms with Gasteiger partial charge >= 0.3 is 0 Å². The fraction of sp³-hybridized carbons (Fsp3) is 0.438. The highest BCUT2D eigenvalue weighted by molar-refractivity contribution is 5.38. The summed E-state index contributed by atoms with van der Waals surface area (Å²) in [6.45, 7) is 2.55. The molecule has 1 saturated heterocycles. The molecule has 6 nitrogen and oxygen atoms in total. The van der Waals surface area contributed by atoms with Crippen LogP contribution in [0.4, 0.5) is 5.82 Å². The topological polar surface area (TPSA) is 69.2 Å². The molecule has 0 unspecified atom stereocenters. The first-order valence-corrected chi connectivity index (χ1v) is 7.43. The maximum atomic E-state index is 5.46. The van der Waals surface area contributed by atoms with Crippen LogP contribution in [0.2, 0.25) is 0 Å². The van der Waals surface area contributed by atoms with Crippen LogP contribution in [-0.4, -0.2) is 35.3 Å². The molecule has 1 atom stereocenters. The minimum Gasteiger partial charge on any atom is -0.381 e. The van der Waals surface area contributed by atoms with Crippen LogP contribution >= 0.6 is 0 Å². The lowest BCUT2D eigenvalue weighted by Gasteiger charge is -2.12. The van der Waals surface area contributed by atoms with Crippen molar-refractivity contribution in [1.82, 2.24) is 15.0 Å². The Bertz CT molecular complexity index is 600. The molecule has 0 amide bonds. The number of hydrogen-bond donors (Lipinski definition) is 1. The van der Waals surface area contributed by atoms with Crippen LogP contribution in [0.25, 0.3) is 0 Å². The number of hydrogen-bond acceptors (Lipinski definition) is 6. The third-order valence-electron chi connectivity index (χ3n) is 3.59. The minimum atomic E-state index is 0.342. The summed E-state index contributed by atoms with van der Waals surface area (Å²) in [4.78, 5) is 13.4. The van der Waals surface area contributed by atoms with Gasteiger partial charge in [-0.05, 0) is 18.6 Å². The Labute approximate surface area is 129 Å². The standard InChI is InChI=1S/C16H20N4O2/c1-21-11-16-19-14(12-5-7-22-10-12)8-15(20-16)18-9-13-4-2-3-6-17-13/h2-4,6,8,12H,5,7,9-11H2,1H3,(H,18,19,20)/t12-/m0/s1. The molecule has 0 aliphatic carbocycles. The van der Waals surface area contributed by atoms with Crippen molar-refractivity contribution in [3.8, 4) is 0 Å². The number of nitrogens with zero attached hydrogens (tertiary/aromatic N) is 3. The number of anilines is 1. The van der Waals surface area contributed by atoms with E-state index in [-0.39, 0.29) is 0 Å². The van der Waals surface area contributed by atoms with Crippen LogP contribution < -0.4 is 5.32 Å². The maximum Gasteiger partial charge on any atom is 0.156 e. The molecule has 6 heteroatoms. The molecule has 0 saturated carbocycles. The van der Waals surface area contributed by atoms with Gasteiger partial charge in [-0.25, -0.2) is 9.97 Å². The van der Waals surface area contributed by atoms with E-state index >= 15 is 0 Å². The minimum absolute atomic E-state index is 0.342. The van der Waals surface area contributed by atoms with Gasteiger partial charge in [0.1, 0.15) is 12.4 Å². The lowest BCUT2D eigenvalue weighted by molar-refractivity contribution is 0.177. The Morgan fingerprint density at radius 1 is 1.36 bits per heavy atom. The normalized spacial score (nSPS) is 17.6. The van der Waals surface area contributed by atoms with E-state index in [4.69, 9.17) is 9.47 Å². The molecule has 2 aromatic rings. The Morgan fingerprint density at radius 2 is 2.32 bits per heavy atom. The number of aromatic nitrogens is 3. The van der Waals surface area contributed by atoms with Crippen LogP contribution in [0.5, 0.6) is 0 Å². The summed E-state index contributed by atoms with van der Waals surface area (Å²) in [7, 11) is 1.65. The summed E-state index contributed by atoms with van der Waals surface area (Å²) in [6, 6.07) is 7.86. The second kappa shape index (κ2) is 7.29. The average molecular weight is 300 g/mol. The third kappa shape index (κ3) is 3.78. The Morgan fingerprint density at radius 3 is 3.05 bits per heavy atom. The molecule has 22 heavy (non-hydrogen) atoms. The summed E-state index contributed by atoms with van der Waals surface area (Å²) in [5, 5.41) is 3.31. The van der Waals surface area contributed by atoms with Gasteiger partial charge in [0.05, 0.1) is 24.5 Å². The summed E-state index contributed by atoms with van der Waals surface area (Å²) >= 11 is 0. The van der Waals surface area contributed by atoms with E-state index in [0.29, 0.717) is 24.9 Å². The summed E-state index contributed by atoms with van der Waals surface area (Å²) < 4.78 is 10.6. The van der Waals surface area contributed by atoms with Gasteiger partial charge < -0.3 is 14.8 Å². The molecule has 1 N–H and O–H groups in total. The zero-order valence-electron chi connectivity index (χ0n) is 12.7. The van der Waals surface area contributed by atoms with Gasteiger partial charge in [-0.2, -0.15) is 0 Å². The van der Waals surface area contributed by atoms with Crippen molar-refractivity contribution in [2.45, 2.75) is 25.5 Å². The van der Waals surface area contributed by atoms with E-state index in [1.165, 1.54) is 0 Å². The van der Waals surface area contributed by atoms with Crippen molar-refractivity contribution in [2.75, 3.05) is 25.6 Å². The molecule has 3 heterocycles. The van der Waals surface area contributed by atoms with Crippen LogP contribution in [0.3, 0.4) is 0 Å². The molecule has 3 rings (SSSR count). The molecule has 2 aromatic heterocycles. The highest BCUT2D eigenvalue weighted by Gasteiger charge is 2.20. The van der Waals surface area contributed by atoms with Crippen molar-refractivity contribution in [1.29, 1.82) is 0 Å². The highest BCUT2D eigenvalue weighted by atomic mass is 16.5. The fourth-order valence-corrected chi connectivity index (χ4v) is 2.46. The van der Waals surface area contributed by atoms with Gasteiger partial charge in [0.25, 0.3) is 0 Å². The predicted octanol–water partition coefficient (Wildman–Crippen LogP) is 2.13. The van der Waals surface area contributed by atoms with Crippen LogP contribution in [0.15, 0.2) is 30.5 Å². The molecule has 0 spiro atoms. The monoisotopic (exact) mass is 300 g/mol. The van der Waals surface area contributed by atoms with Crippen molar-refractivity contribution >= 4 is 5.82 Å². The predicted molar refractivity (Wildman–Crippen MR) is 82.5 cm³/mol. The van der Waals surface area contributed by atoms with Gasteiger partial charge in [-0.3, -0.25) is 4.98 Å². The zero-order valence-corrected chi connectivity index (χ0v) is 12.7. The number of nitrogens with one attached hydrogen (secondary N) is 1. The molecule has 0 radical (unpaired) electrons. The summed E-state index contributed by atoms with van der Waals surface area (Å²) in [5.41, 5.74) is 1.99. The van der Waals surface area contributed by atoms with Gasteiger partial charge in [-0.15, -0.1) is 0 Å². The molecule has 1 aliphatic rings. The lowest BCUT2D eigenvalue weighted by Crippen LogP contribution is -2.10. The lowest BCUT2D eigenvalue weighted by atomic mass is 10.0. The smallest absolute Gasteiger partial charge is 0.156 e. The summed E-state index contributed by atoms with van der Waals surface area (Å²) in [5.74, 6) is 1.83. The molecule has 1 aliphatic heterocycles. The average Bonchev–Trinajstić information content (AvgIpc) is 3.09. The van der Waals surface area contributed by atoms with Crippen molar-refractivity contribution < 1.29 is 9.47 Å². The Kier molecular flexibility index (Phi) is 4.92. The van der Waals surface area contributed by atoms with E-state index in [1.807, 2.05) is 24.3 Å². The Hall–Kier alpha value is -2.05. The quantitative estimate of drug-likeness (QED) is 0.881. The third-order valence-corrected chi connectivity index (χ3v) is 3.59. The first-order chi connectivity index (χ1) is 10.8. The van der Waals surface area contributed by atoms with Crippen molar-refractivity contribution in [2.24, 2.45) is 0 Å². The van der Waals surface area contributed by atoms with Gasteiger partial charge in [0, 0.05) is 31.9 Å². The maximum absolute atomic E-state index is 5.46. The van der Waals surface area contributed by atoms with E-state index < -0.39 is 0 Å². The number of ether oxygens (including phenoxy) is 2. The van der Waals surface area contributed by atoms with Crippen LogP contribution in [0, 0.1) is 0 Å². The molecule has 0 bridgehead atoms. The zero-order chi connectivity index (χ0) is 15.2. The molecular formula is C16H20N4O2. The summed E-state index contributed by atoms with van der Waals surface area (Å²) in [6.07, 6.45) is 2.79. The number of pyridine rings is 1.